The lowest BCUT2D eigenvalue weighted by Crippen LogP contribution is -2.17. The third kappa shape index (κ3) is 2.74. The minimum Gasteiger partial charge on any atom is -0.388 e. The molecule has 0 saturated carbocycles. The molecule has 4 nitrogen and oxygen atoms in total. The van der Waals surface area contributed by atoms with Crippen LogP contribution < -0.4 is 5.73 Å². The van der Waals surface area contributed by atoms with Crippen molar-refractivity contribution in [1.29, 1.82) is 0 Å². The molecule has 0 spiro atoms. The number of nitrogens with two attached hydrogens (primary N) is 1. The molecule has 0 aliphatic carbocycles. The highest BCUT2D eigenvalue weighted by Gasteiger charge is 2.08. The predicted octanol–water partition coefficient (Wildman–Crippen LogP) is 1.81. The molecule has 2 aromatic rings. The molecule has 80 valence electrons. The first kappa shape index (κ1) is 10.5. The Morgan fingerprint density at radius 2 is 2.33 bits per heavy atom. The summed E-state index contributed by atoms with van der Waals surface area (Å²) in [5.74, 6) is 0. The first-order valence-corrected chi connectivity index (χ1v) is 6.23. The molecule has 0 aliphatic rings. The molecule has 6 heteroatoms. The molecule has 0 atom stereocenters. The summed E-state index contributed by atoms with van der Waals surface area (Å²) >= 11 is 2.96. The van der Waals surface area contributed by atoms with E-state index in [1.165, 1.54) is 17.1 Å². The molecule has 2 heterocycles. The van der Waals surface area contributed by atoms with Crippen LogP contribution in [-0.4, -0.2) is 21.5 Å². The fraction of sp³-hybridized carbons (Fsp3) is 0.333. The van der Waals surface area contributed by atoms with Crippen molar-refractivity contribution < 1.29 is 0 Å². The Hall–Kier alpha value is -0.980. The van der Waals surface area contributed by atoms with Gasteiger partial charge in [-0.3, -0.25) is 4.90 Å². The highest BCUT2D eigenvalue weighted by molar-refractivity contribution is 7.09. The van der Waals surface area contributed by atoms with E-state index in [2.05, 4.69) is 38.4 Å². The van der Waals surface area contributed by atoms with Crippen LogP contribution in [0.15, 0.2) is 16.8 Å². The second-order valence-electron chi connectivity index (χ2n) is 3.39. The number of hydrogen-bond acceptors (Lipinski definition) is 6. The molecule has 0 fully saturated rings. The summed E-state index contributed by atoms with van der Waals surface area (Å²) in [5, 5.41) is 8.94. The third-order valence-corrected chi connectivity index (χ3v) is 3.37. The van der Waals surface area contributed by atoms with Crippen LogP contribution in [0, 0.1) is 0 Å². The Morgan fingerprint density at radius 3 is 2.93 bits per heavy atom. The summed E-state index contributed by atoms with van der Waals surface area (Å²) in [7, 11) is 2.05. The lowest BCUT2D eigenvalue weighted by Gasteiger charge is -2.13. The quantitative estimate of drug-likeness (QED) is 0.885. The zero-order chi connectivity index (χ0) is 10.7. The fourth-order valence-corrected chi connectivity index (χ4v) is 2.43. The van der Waals surface area contributed by atoms with Crippen LogP contribution in [0.1, 0.15) is 11.3 Å². The number of rotatable bonds is 4. The zero-order valence-electron chi connectivity index (χ0n) is 8.38. The zero-order valence-corrected chi connectivity index (χ0v) is 10.0. The van der Waals surface area contributed by atoms with Crippen LogP contribution in [-0.2, 0) is 13.1 Å². The highest BCUT2D eigenvalue weighted by atomic mass is 32.1. The van der Waals surface area contributed by atoms with Crippen LogP contribution >= 0.6 is 22.9 Å². The molecule has 0 aliphatic heterocycles. The van der Waals surface area contributed by atoms with Crippen molar-refractivity contribution in [2.75, 3.05) is 12.8 Å². The largest absolute Gasteiger partial charge is 0.388 e. The Bertz CT molecular complexity index is 409. The van der Waals surface area contributed by atoms with Gasteiger partial charge in [0, 0.05) is 24.6 Å². The second-order valence-corrected chi connectivity index (χ2v) is 4.95. The van der Waals surface area contributed by atoms with Gasteiger partial charge in [0.1, 0.15) is 10.7 Å². The molecule has 2 rings (SSSR count). The summed E-state index contributed by atoms with van der Waals surface area (Å²) < 4.78 is 3.81. The fourth-order valence-electron chi connectivity index (χ4n) is 1.33. The SMILES string of the molecule is CN(Cc1ccsc1)Cc1nnsc1N. The maximum Gasteiger partial charge on any atom is 0.132 e. The number of nitrogen functional groups attached to an aromatic ring is 1. The van der Waals surface area contributed by atoms with E-state index in [0.29, 0.717) is 5.00 Å². The average Bonchev–Trinajstić information content (AvgIpc) is 2.79. The van der Waals surface area contributed by atoms with Crippen molar-refractivity contribution in [2.45, 2.75) is 13.1 Å². The number of anilines is 1. The van der Waals surface area contributed by atoms with E-state index >= 15 is 0 Å². The lowest BCUT2D eigenvalue weighted by molar-refractivity contribution is 0.316. The molecule has 0 radical (unpaired) electrons. The first-order valence-electron chi connectivity index (χ1n) is 4.52. The van der Waals surface area contributed by atoms with Gasteiger partial charge in [-0.2, -0.15) is 11.3 Å². The van der Waals surface area contributed by atoms with Gasteiger partial charge in [0.2, 0.25) is 0 Å². The molecule has 0 bridgehead atoms. The van der Waals surface area contributed by atoms with Crippen molar-refractivity contribution in [3.8, 4) is 0 Å². The minimum absolute atomic E-state index is 0.715. The average molecular weight is 240 g/mol. The first-order chi connectivity index (χ1) is 7.25. The number of hydrogen-bond donors (Lipinski definition) is 1. The van der Waals surface area contributed by atoms with Gasteiger partial charge >= 0.3 is 0 Å². The number of nitrogens with zero attached hydrogens (tertiary/aromatic N) is 3. The van der Waals surface area contributed by atoms with E-state index in [1.54, 1.807) is 11.3 Å². The van der Waals surface area contributed by atoms with Crippen LogP contribution in [0.4, 0.5) is 5.00 Å². The van der Waals surface area contributed by atoms with Crippen LogP contribution in [0.3, 0.4) is 0 Å². The van der Waals surface area contributed by atoms with Crippen molar-refractivity contribution in [2.24, 2.45) is 0 Å². The van der Waals surface area contributed by atoms with E-state index in [1.807, 2.05) is 0 Å². The summed E-state index contributed by atoms with van der Waals surface area (Å²) in [5.41, 5.74) is 7.93. The summed E-state index contributed by atoms with van der Waals surface area (Å²) in [4.78, 5) is 2.18. The maximum atomic E-state index is 5.73. The number of aromatic nitrogens is 2. The Balaban J connectivity index is 1.93. The molecular weight excluding hydrogens is 228 g/mol. The monoisotopic (exact) mass is 240 g/mol. The van der Waals surface area contributed by atoms with Gasteiger partial charge in [0.05, 0.1) is 0 Å². The van der Waals surface area contributed by atoms with Crippen LogP contribution in [0.2, 0.25) is 0 Å². The third-order valence-electron chi connectivity index (χ3n) is 2.04. The Labute approximate surface area is 96.5 Å². The van der Waals surface area contributed by atoms with Crippen molar-refractivity contribution >= 4 is 27.9 Å². The van der Waals surface area contributed by atoms with E-state index < -0.39 is 0 Å². The van der Waals surface area contributed by atoms with Crippen molar-refractivity contribution in [3.63, 3.8) is 0 Å². The Kier molecular flexibility index (Phi) is 3.30. The van der Waals surface area contributed by atoms with Crippen LogP contribution in [0.5, 0.6) is 0 Å². The molecule has 2 aromatic heterocycles. The van der Waals surface area contributed by atoms with Gasteiger partial charge < -0.3 is 5.73 Å². The summed E-state index contributed by atoms with van der Waals surface area (Å²) in [6, 6.07) is 2.13. The normalized spacial score (nSPS) is 11.1. The maximum absolute atomic E-state index is 5.73. The van der Waals surface area contributed by atoms with Gasteiger partial charge in [0.15, 0.2) is 0 Å². The molecule has 15 heavy (non-hydrogen) atoms. The summed E-state index contributed by atoms with van der Waals surface area (Å²) in [6.45, 7) is 1.67. The van der Waals surface area contributed by atoms with Gasteiger partial charge in [-0.15, -0.1) is 5.10 Å². The molecule has 0 amide bonds. The molecule has 0 aromatic carbocycles. The smallest absolute Gasteiger partial charge is 0.132 e. The topological polar surface area (TPSA) is 55.0 Å². The highest BCUT2D eigenvalue weighted by Crippen LogP contribution is 2.15. The van der Waals surface area contributed by atoms with Gasteiger partial charge in [-0.25, -0.2) is 0 Å². The van der Waals surface area contributed by atoms with E-state index in [4.69, 9.17) is 5.73 Å². The van der Waals surface area contributed by atoms with Gasteiger partial charge in [-0.1, -0.05) is 4.49 Å². The van der Waals surface area contributed by atoms with Gasteiger partial charge in [-0.05, 0) is 29.4 Å². The molecule has 0 unspecified atom stereocenters. The predicted molar refractivity (Wildman–Crippen MR) is 63.8 cm³/mol. The second kappa shape index (κ2) is 4.69. The Morgan fingerprint density at radius 1 is 1.47 bits per heavy atom. The molecule has 0 saturated heterocycles. The van der Waals surface area contributed by atoms with E-state index in [-0.39, 0.29) is 0 Å². The standard InChI is InChI=1S/C9H12N4S2/c1-13(4-7-2-3-14-6-7)5-8-9(10)15-12-11-8/h2-3,6H,4-5,10H2,1H3. The molecule has 2 N–H and O–H groups in total. The number of thiophene rings is 1. The van der Waals surface area contributed by atoms with E-state index in [0.717, 1.165) is 18.8 Å². The van der Waals surface area contributed by atoms with Crippen molar-refractivity contribution in [3.05, 3.63) is 28.1 Å². The lowest BCUT2D eigenvalue weighted by atomic mass is 10.3. The summed E-state index contributed by atoms with van der Waals surface area (Å²) in [6.07, 6.45) is 0. The van der Waals surface area contributed by atoms with E-state index in [9.17, 15) is 0 Å². The minimum atomic E-state index is 0.715. The van der Waals surface area contributed by atoms with Crippen molar-refractivity contribution in [1.82, 2.24) is 14.5 Å². The van der Waals surface area contributed by atoms with Gasteiger partial charge in [0.25, 0.3) is 0 Å². The molecular formula is C9H12N4S2. The van der Waals surface area contributed by atoms with Crippen LogP contribution in [0.25, 0.3) is 0 Å².